The van der Waals surface area contributed by atoms with Gasteiger partial charge in [0.05, 0.1) is 11.6 Å². The third-order valence-corrected chi connectivity index (χ3v) is 4.81. The molecule has 0 saturated heterocycles. The van der Waals surface area contributed by atoms with E-state index in [1.54, 1.807) is 7.05 Å². The first kappa shape index (κ1) is 20.1. The van der Waals surface area contributed by atoms with E-state index in [2.05, 4.69) is 34.4 Å². The van der Waals surface area contributed by atoms with E-state index in [4.69, 9.17) is 23.2 Å². The van der Waals surface area contributed by atoms with Crippen LogP contribution in [0.2, 0.25) is 10.2 Å². The predicted molar refractivity (Wildman–Crippen MR) is 101 cm³/mol. The van der Waals surface area contributed by atoms with E-state index in [1.807, 2.05) is 17.7 Å². The summed E-state index contributed by atoms with van der Waals surface area (Å²) in [6, 6.07) is 1.87. The van der Waals surface area contributed by atoms with Gasteiger partial charge in [0.1, 0.15) is 5.15 Å². The molecule has 0 aliphatic rings. The molecule has 0 saturated carbocycles. The molecule has 5 nitrogen and oxygen atoms in total. The normalized spacial score (nSPS) is 12.0. The van der Waals surface area contributed by atoms with Crippen LogP contribution in [-0.4, -0.2) is 48.7 Å². The van der Waals surface area contributed by atoms with Gasteiger partial charge in [-0.15, -0.1) is 0 Å². The molecule has 0 amide bonds. The highest BCUT2D eigenvalue weighted by Crippen LogP contribution is 2.24. The van der Waals surface area contributed by atoms with Crippen molar-refractivity contribution in [3.63, 3.8) is 0 Å². The molecule has 7 heteroatoms. The van der Waals surface area contributed by atoms with Crippen molar-refractivity contribution >= 4 is 29.2 Å². The Labute approximate surface area is 150 Å². The van der Waals surface area contributed by atoms with Crippen molar-refractivity contribution in [3.8, 4) is 0 Å². The van der Waals surface area contributed by atoms with Crippen molar-refractivity contribution in [1.29, 1.82) is 0 Å². The van der Waals surface area contributed by atoms with Crippen LogP contribution >= 0.6 is 23.2 Å². The lowest BCUT2D eigenvalue weighted by atomic mass is 10.3. The minimum Gasteiger partial charge on any atom is -0.356 e. The van der Waals surface area contributed by atoms with Crippen LogP contribution in [-0.2, 0) is 13.6 Å². The van der Waals surface area contributed by atoms with Crippen molar-refractivity contribution in [2.75, 3.05) is 33.2 Å². The van der Waals surface area contributed by atoms with E-state index in [0.29, 0.717) is 16.7 Å². The summed E-state index contributed by atoms with van der Waals surface area (Å²) in [6.45, 7) is 9.34. The number of nitrogens with one attached hydrogen (secondary N) is 2. The summed E-state index contributed by atoms with van der Waals surface area (Å²) in [5.41, 5.74) is 1.02. The van der Waals surface area contributed by atoms with Crippen molar-refractivity contribution in [2.24, 2.45) is 12.0 Å². The molecule has 0 aliphatic heterocycles. The Morgan fingerprint density at radius 1 is 1.22 bits per heavy atom. The first-order valence-electron chi connectivity index (χ1n) is 8.19. The average Bonchev–Trinajstić information content (AvgIpc) is 2.80. The molecule has 0 aromatic carbocycles. The lowest BCUT2D eigenvalue weighted by Crippen LogP contribution is -2.37. The minimum atomic E-state index is 0.558. The van der Waals surface area contributed by atoms with Crippen LogP contribution in [0, 0.1) is 0 Å². The van der Waals surface area contributed by atoms with Crippen molar-refractivity contribution < 1.29 is 0 Å². The summed E-state index contributed by atoms with van der Waals surface area (Å²) in [7, 11) is 3.67. The largest absolute Gasteiger partial charge is 0.356 e. The standard InChI is InChI=1S/C16H29Cl2N5/c1-5-23(6-2)10-8-7-9-20-16(19-3)21-12-13-11-14(17)15(18)22(13)4/h11H,5-10,12H2,1-4H3,(H2,19,20,21). The molecular weight excluding hydrogens is 333 g/mol. The third kappa shape index (κ3) is 6.61. The molecule has 2 N–H and O–H groups in total. The zero-order valence-electron chi connectivity index (χ0n) is 14.6. The molecule has 132 valence electrons. The highest BCUT2D eigenvalue weighted by Gasteiger charge is 2.09. The summed E-state index contributed by atoms with van der Waals surface area (Å²) in [6.07, 6.45) is 2.31. The molecule has 0 radical (unpaired) electrons. The molecule has 1 heterocycles. The van der Waals surface area contributed by atoms with Gasteiger partial charge < -0.3 is 20.1 Å². The number of guanidine groups is 1. The molecular formula is C16H29Cl2N5. The number of rotatable bonds is 9. The van der Waals surface area contributed by atoms with Crippen LogP contribution in [0.15, 0.2) is 11.1 Å². The summed E-state index contributed by atoms with van der Waals surface area (Å²) < 4.78 is 1.87. The SMILES string of the molecule is CCN(CC)CCCCNC(=NC)NCc1cc(Cl)c(Cl)n1C. The van der Waals surface area contributed by atoms with Crippen molar-refractivity contribution in [3.05, 3.63) is 21.9 Å². The van der Waals surface area contributed by atoms with Gasteiger partial charge in [0.15, 0.2) is 5.96 Å². The Balaban J connectivity index is 2.28. The maximum Gasteiger partial charge on any atom is 0.191 e. The average molecular weight is 362 g/mol. The number of hydrogen-bond acceptors (Lipinski definition) is 2. The van der Waals surface area contributed by atoms with E-state index >= 15 is 0 Å². The smallest absolute Gasteiger partial charge is 0.191 e. The van der Waals surface area contributed by atoms with Gasteiger partial charge >= 0.3 is 0 Å². The monoisotopic (exact) mass is 361 g/mol. The number of halogens is 2. The number of aromatic nitrogens is 1. The second kappa shape index (κ2) is 10.8. The van der Waals surface area contributed by atoms with Crippen molar-refractivity contribution in [1.82, 2.24) is 20.1 Å². The Hall–Kier alpha value is -0.910. The van der Waals surface area contributed by atoms with Crippen molar-refractivity contribution in [2.45, 2.75) is 33.2 Å². The zero-order chi connectivity index (χ0) is 17.2. The van der Waals surface area contributed by atoms with Gasteiger partial charge in [-0.1, -0.05) is 37.0 Å². The van der Waals surface area contributed by atoms with Crippen LogP contribution in [0.25, 0.3) is 0 Å². The number of unbranched alkanes of at least 4 members (excludes halogenated alkanes) is 1. The van der Waals surface area contributed by atoms with Crippen LogP contribution in [0.5, 0.6) is 0 Å². The van der Waals surface area contributed by atoms with Gasteiger partial charge in [0, 0.05) is 26.3 Å². The van der Waals surface area contributed by atoms with E-state index in [-0.39, 0.29) is 0 Å². The predicted octanol–water partition coefficient (Wildman–Crippen LogP) is 3.12. The van der Waals surface area contributed by atoms with Gasteiger partial charge in [-0.3, -0.25) is 4.99 Å². The van der Waals surface area contributed by atoms with Gasteiger partial charge in [-0.05, 0) is 38.5 Å². The summed E-state index contributed by atoms with van der Waals surface area (Å²) >= 11 is 12.1. The second-order valence-corrected chi connectivity index (χ2v) is 6.19. The number of hydrogen-bond donors (Lipinski definition) is 2. The van der Waals surface area contributed by atoms with E-state index in [0.717, 1.165) is 44.3 Å². The molecule has 0 unspecified atom stereocenters. The maximum absolute atomic E-state index is 6.07. The number of nitrogens with zero attached hydrogens (tertiary/aromatic N) is 3. The lowest BCUT2D eigenvalue weighted by Gasteiger charge is -2.18. The Bertz CT molecular complexity index is 495. The fraction of sp³-hybridized carbons (Fsp3) is 0.688. The Kier molecular flexibility index (Phi) is 9.44. The highest BCUT2D eigenvalue weighted by atomic mass is 35.5. The second-order valence-electron chi connectivity index (χ2n) is 5.42. The fourth-order valence-electron chi connectivity index (χ4n) is 2.36. The van der Waals surface area contributed by atoms with E-state index in [9.17, 15) is 0 Å². The Morgan fingerprint density at radius 2 is 1.91 bits per heavy atom. The van der Waals surface area contributed by atoms with E-state index < -0.39 is 0 Å². The molecule has 0 fully saturated rings. The molecule has 1 rings (SSSR count). The zero-order valence-corrected chi connectivity index (χ0v) is 16.1. The molecule has 0 atom stereocenters. The first-order valence-corrected chi connectivity index (χ1v) is 8.95. The van der Waals surface area contributed by atoms with Crippen LogP contribution < -0.4 is 10.6 Å². The topological polar surface area (TPSA) is 44.6 Å². The molecule has 1 aromatic rings. The molecule has 0 bridgehead atoms. The summed E-state index contributed by atoms with van der Waals surface area (Å²) in [4.78, 5) is 6.68. The quantitative estimate of drug-likeness (QED) is 0.403. The Morgan fingerprint density at radius 3 is 2.43 bits per heavy atom. The maximum atomic E-state index is 6.07. The van der Waals surface area contributed by atoms with Crippen LogP contribution in [0.3, 0.4) is 0 Å². The molecule has 23 heavy (non-hydrogen) atoms. The van der Waals surface area contributed by atoms with Gasteiger partial charge in [0.2, 0.25) is 0 Å². The molecule has 1 aromatic heterocycles. The van der Waals surface area contributed by atoms with Gasteiger partial charge in [-0.2, -0.15) is 0 Å². The van der Waals surface area contributed by atoms with Crippen LogP contribution in [0.4, 0.5) is 0 Å². The van der Waals surface area contributed by atoms with Crippen LogP contribution in [0.1, 0.15) is 32.4 Å². The summed E-state index contributed by atoms with van der Waals surface area (Å²) in [5.74, 6) is 0.793. The van der Waals surface area contributed by atoms with Gasteiger partial charge in [0.25, 0.3) is 0 Å². The minimum absolute atomic E-state index is 0.558. The van der Waals surface area contributed by atoms with E-state index in [1.165, 1.54) is 6.42 Å². The molecule has 0 spiro atoms. The number of aliphatic imine (C=N–C) groups is 1. The summed E-state index contributed by atoms with van der Waals surface area (Å²) in [5, 5.41) is 7.75. The molecule has 0 aliphatic carbocycles. The lowest BCUT2D eigenvalue weighted by molar-refractivity contribution is 0.297. The fourth-order valence-corrected chi connectivity index (χ4v) is 2.78. The van der Waals surface area contributed by atoms with Gasteiger partial charge in [-0.25, -0.2) is 0 Å². The first-order chi connectivity index (χ1) is 11.0. The third-order valence-electron chi connectivity index (χ3n) is 3.96. The highest BCUT2D eigenvalue weighted by molar-refractivity contribution is 6.41.